The van der Waals surface area contributed by atoms with Crippen molar-refractivity contribution in [2.24, 2.45) is 7.05 Å². The van der Waals surface area contributed by atoms with Gasteiger partial charge in [0.25, 0.3) is 5.91 Å². The highest BCUT2D eigenvalue weighted by Crippen LogP contribution is 2.27. The van der Waals surface area contributed by atoms with Crippen molar-refractivity contribution in [3.63, 3.8) is 0 Å². The summed E-state index contributed by atoms with van der Waals surface area (Å²) in [6, 6.07) is 1.92. The van der Waals surface area contributed by atoms with Gasteiger partial charge in [-0.25, -0.2) is 8.42 Å². The maximum Gasteiger partial charge on any atom is 0.270 e. The summed E-state index contributed by atoms with van der Waals surface area (Å²) >= 11 is 0. The molecule has 6 nitrogen and oxygen atoms in total. The molecule has 1 aromatic rings. The van der Waals surface area contributed by atoms with Crippen LogP contribution in [-0.4, -0.2) is 53.3 Å². The number of amides is 1. The number of aryl methyl sites for hydroxylation is 1. The van der Waals surface area contributed by atoms with Gasteiger partial charge in [-0.15, -0.1) is 0 Å². The molecule has 134 valence electrons. The highest BCUT2D eigenvalue weighted by Gasteiger charge is 2.33. The Hall–Kier alpha value is -1.34. The van der Waals surface area contributed by atoms with E-state index in [4.69, 9.17) is 0 Å². The quantitative estimate of drug-likeness (QED) is 0.837. The molecule has 0 radical (unpaired) electrons. The molecule has 0 unspecified atom stereocenters. The van der Waals surface area contributed by atoms with Crippen LogP contribution in [0.4, 0.5) is 0 Å². The Balaban J connectivity index is 1.90. The van der Waals surface area contributed by atoms with E-state index in [1.54, 1.807) is 23.9 Å². The van der Waals surface area contributed by atoms with Gasteiger partial charge < -0.3 is 9.47 Å². The molecule has 2 aliphatic rings. The van der Waals surface area contributed by atoms with Gasteiger partial charge in [0.05, 0.1) is 0 Å². The van der Waals surface area contributed by atoms with Crippen LogP contribution in [0.3, 0.4) is 0 Å². The standard InChI is InChI=1S/C17H27N3O3S/c1-13-7-6-8-14(2)20(13)17(21)16-11-15(12-18(16)3)24(22,23)19-9-4-5-10-19/h11-14H,4-10H2,1-3H3/t13-,14-/m0/s1. The number of hydrogen-bond donors (Lipinski definition) is 0. The van der Waals surface area contributed by atoms with Crippen molar-refractivity contribution in [2.75, 3.05) is 13.1 Å². The largest absolute Gasteiger partial charge is 0.345 e. The van der Waals surface area contributed by atoms with E-state index in [-0.39, 0.29) is 22.9 Å². The first-order valence-electron chi connectivity index (χ1n) is 8.81. The molecule has 0 aromatic carbocycles. The molecule has 2 aliphatic heterocycles. The van der Waals surface area contributed by atoms with Gasteiger partial charge in [-0.05, 0) is 52.0 Å². The Morgan fingerprint density at radius 1 is 1.08 bits per heavy atom. The molecule has 7 heteroatoms. The van der Waals surface area contributed by atoms with Crippen LogP contribution in [0.15, 0.2) is 17.2 Å². The molecule has 0 N–H and O–H groups in total. The molecule has 2 atom stereocenters. The second-order valence-electron chi connectivity index (χ2n) is 7.12. The van der Waals surface area contributed by atoms with Crippen LogP contribution in [-0.2, 0) is 17.1 Å². The average Bonchev–Trinajstić information content (AvgIpc) is 3.16. The minimum absolute atomic E-state index is 0.0694. The van der Waals surface area contributed by atoms with E-state index in [2.05, 4.69) is 13.8 Å². The van der Waals surface area contributed by atoms with Gasteiger partial charge in [0.2, 0.25) is 10.0 Å². The SMILES string of the molecule is C[C@H]1CCC[C@H](C)N1C(=O)c1cc(S(=O)(=O)N2CCCC2)cn1C. The summed E-state index contributed by atoms with van der Waals surface area (Å²) < 4.78 is 28.6. The predicted molar refractivity (Wildman–Crippen MR) is 92.4 cm³/mol. The number of nitrogens with zero attached hydrogens (tertiary/aromatic N) is 3. The van der Waals surface area contributed by atoms with Crippen molar-refractivity contribution >= 4 is 15.9 Å². The van der Waals surface area contributed by atoms with E-state index >= 15 is 0 Å². The van der Waals surface area contributed by atoms with E-state index in [1.807, 2.05) is 4.90 Å². The fraction of sp³-hybridized carbons (Fsp3) is 0.706. The number of carbonyl (C=O) groups is 1. The number of piperidine rings is 1. The molecular weight excluding hydrogens is 326 g/mol. The summed E-state index contributed by atoms with van der Waals surface area (Å²) in [6.45, 7) is 5.28. The van der Waals surface area contributed by atoms with Crippen molar-refractivity contribution in [1.82, 2.24) is 13.8 Å². The molecule has 0 saturated carbocycles. The summed E-state index contributed by atoms with van der Waals surface area (Å²) in [5, 5.41) is 0. The van der Waals surface area contributed by atoms with Gasteiger partial charge in [0.1, 0.15) is 10.6 Å². The van der Waals surface area contributed by atoms with E-state index in [9.17, 15) is 13.2 Å². The molecule has 0 spiro atoms. The third-order valence-electron chi connectivity index (χ3n) is 5.33. The zero-order chi connectivity index (χ0) is 17.5. The molecule has 2 saturated heterocycles. The Morgan fingerprint density at radius 3 is 2.25 bits per heavy atom. The van der Waals surface area contributed by atoms with E-state index < -0.39 is 10.0 Å². The van der Waals surface area contributed by atoms with E-state index in [1.165, 1.54) is 4.31 Å². The monoisotopic (exact) mass is 353 g/mol. The Labute approximate surface area is 144 Å². The normalized spacial score (nSPS) is 26.0. The zero-order valence-electron chi connectivity index (χ0n) is 14.7. The van der Waals surface area contributed by atoms with Crippen molar-refractivity contribution in [2.45, 2.75) is 62.9 Å². The first kappa shape index (κ1) is 17.5. The fourth-order valence-corrected chi connectivity index (χ4v) is 5.51. The third-order valence-corrected chi connectivity index (χ3v) is 7.19. The zero-order valence-corrected chi connectivity index (χ0v) is 15.6. The second-order valence-corrected chi connectivity index (χ2v) is 9.06. The lowest BCUT2D eigenvalue weighted by Gasteiger charge is -2.39. The minimum atomic E-state index is -3.49. The number of sulfonamides is 1. The summed E-state index contributed by atoms with van der Waals surface area (Å²) in [5.74, 6) is -0.0694. The van der Waals surface area contributed by atoms with Crippen LogP contribution in [0.5, 0.6) is 0 Å². The molecule has 1 amide bonds. The number of likely N-dealkylation sites (tertiary alicyclic amines) is 1. The number of carbonyl (C=O) groups excluding carboxylic acids is 1. The predicted octanol–water partition coefficient (Wildman–Crippen LogP) is 2.21. The lowest BCUT2D eigenvalue weighted by Crippen LogP contribution is -2.47. The molecule has 1 aromatic heterocycles. The lowest BCUT2D eigenvalue weighted by atomic mass is 9.97. The molecule has 2 fully saturated rings. The number of rotatable bonds is 3. The molecule has 0 aliphatic carbocycles. The first-order valence-corrected chi connectivity index (χ1v) is 10.3. The van der Waals surface area contributed by atoms with Crippen LogP contribution in [0.1, 0.15) is 56.4 Å². The van der Waals surface area contributed by atoms with Crippen LogP contribution >= 0.6 is 0 Å². The maximum absolute atomic E-state index is 13.0. The summed E-state index contributed by atoms with van der Waals surface area (Å²) in [6.07, 6.45) is 6.51. The van der Waals surface area contributed by atoms with Gasteiger partial charge in [-0.2, -0.15) is 4.31 Å². The highest BCUT2D eigenvalue weighted by molar-refractivity contribution is 7.89. The van der Waals surface area contributed by atoms with E-state index in [0.29, 0.717) is 18.8 Å². The van der Waals surface area contributed by atoms with Gasteiger partial charge in [-0.3, -0.25) is 4.79 Å². The summed E-state index contributed by atoms with van der Waals surface area (Å²) in [5.41, 5.74) is 0.452. The second kappa shape index (κ2) is 6.52. The lowest BCUT2D eigenvalue weighted by molar-refractivity contribution is 0.0501. The van der Waals surface area contributed by atoms with Crippen LogP contribution < -0.4 is 0 Å². The molecule has 3 rings (SSSR count). The van der Waals surface area contributed by atoms with Gasteiger partial charge in [-0.1, -0.05) is 0 Å². The van der Waals surface area contributed by atoms with Gasteiger partial charge >= 0.3 is 0 Å². The molecule has 3 heterocycles. The summed E-state index contributed by atoms with van der Waals surface area (Å²) in [4.78, 5) is 15.1. The Morgan fingerprint density at radius 2 is 1.67 bits per heavy atom. The molecule has 0 bridgehead atoms. The number of aromatic nitrogens is 1. The van der Waals surface area contributed by atoms with Crippen LogP contribution in [0, 0.1) is 0 Å². The Bertz CT molecular complexity index is 709. The minimum Gasteiger partial charge on any atom is -0.345 e. The van der Waals surface area contributed by atoms with Crippen molar-refractivity contribution in [3.8, 4) is 0 Å². The molecule has 24 heavy (non-hydrogen) atoms. The summed E-state index contributed by atoms with van der Waals surface area (Å²) in [7, 11) is -1.74. The van der Waals surface area contributed by atoms with Gasteiger partial charge in [0, 0.05) is 38.4 Å². The maximum atomic E-state index is 13.0. The van der Waals surface area contributed by atoms with Crippen LogP contribution in [0.25, 0.3) is 0 Å². The topological polar surface area (TPSA) is 62.6 Å². The number of hydrogen-bond acceptors (Lipinski definition) is 3. The third kappa shape index (κ3) is 2.99. The van der Waals surface area contributed by atoms with Gasteiger partial charge in [0.15, 0.2) is 0 Å². The van der Waals surface area contributed by atoms with E-state index in [0.717, 1.165) is 32.1 Å². The van der Waals surface area contributed by atoms with Crippen molar-refractivity contribution in [3.05, 3.63) is 18.0 Å². The highest BCUT2D eigenvalue weighted by atomic mass is 32.2. The fourth-order valence-electron chi connectivity index (χ4n) is 3.92. The smallest absolute Gasteiger partial charge is 0.270 e. The average molecular weight is 353 g/mol. The molecular formula is C17H27N3O3S. The van der Waals surface area contributed by atoms with Crippen LogP contribution in [0.2, 0.25) is 0 Å². The van der Waals surface area contributed by atoms with Crippen molar-refractivity contribution in [1.29, 1.82) is 0 Å². The first-order chi connectivity index (χ1) is 11.3. The Kier molecular flexibility index (Phi) is 4.75. The van der Waals surface area contributed by atoms with Crippen molar-refractivity contribution < 1.29 is 13.2 Å².